The molecule has 0 radical (unpaired) electrons. The number of amides is 1. The van der Waals surface area contributed by atoms with E-state index in [1.165, 1.54) is 41.3 Å². The van der Waals surface area contributed by atoms with E-state index in [0.717, 1.165) is 0 Å². The minimum absolute atomic E-state index is 0.0581. The molecule has 9 heteroatoms. The molecule has 0 bridgehead atoms. The van der Waals surface area contributed by atoms with Gasteiger partial charge in [0, 0.05) is 16.6 Å². The summed E-state index contributed by atoms with van der Waals surface area (Å²) in [4.78, 5) is 14.6. The van der Waals surface area contributed by atoms with Crippen molar-refractivity contribution in [1.29, 1.82) is 0 Å². The van der Waals surface area contributed by atoms with Gasteiger partial charge in [-0.05, 0) is 37.1 Å². The van der Waals surface area contributed by atoms with Gasteiger partial charge in [-0.25, -0.2) is 17.2 Å². The van der Waals surface area contributed by atoms with Gasteiger partial charge in [-0.3, -0.25) is 4.79 Å². The molecule has 3 rings (SSSR count). The zero-order valence-electron chi connectivity index (χ0n) is 16.4. The molecule has 0 saturated carbocycles. The molecule has 0 aliphatic carbocycles. The van der Waals surface area contributed by atoms with Gasteiger partial charge in [0.2, 0.25) is 0 Å². The maximum atomic E-state index is 14.4. The lowest BCUT2D eigenvalue weighted by Crippen LogP contribution is -2.47. The van der Waals surface area contributed by atoms with Crippen molar-refractivity contribution in [2.45, 2.75) is 38.5 Å². The van der Waals surface area contributed by atoms with Crippen molar-refractivity contribution in [2.24, 2.45) is 0 Å². The van der Waals surface area contributed by atoms with Crippen LogP contribution in [0.1, 0.15) is 25.3 Å². The molecule has 0 N–H and O–H groups in total. The molecule has 2 aromatic rings. The third-order valence-corrected chi connectivity index (χ3v) is 7.18. The molecule has 1 heterocycles. The molecule has 0 spiro atoms. The molecular weight excluding hydrogens is 436 g/mol. The summed E-state index contributed by atoms with van der Waals surface area (Å²) in [5.41, 5.74) is 0.0950. The van der Waals surface area contributed by atoms with Gasteiger partial charge in [0.15, 0.2) is 27.5 Å². The third-order valence-electron chi connectivity index (χ3n) is 5.07. The predicted molar refractivity (Wildman–Crippen MR) is 110 cm³/mol. The molecule has 1 saturated heterocycles. The fourth-order valence-corrected chi connectivity index (χ4v) is 5.40. The van der Waals surface area contributed by atoms with Gasteiger partial charge < -0.3 is 9.64 Å². The molecular formula is C21H22ClF2NO4S. The van der Waals surface area contributed by atoms with Gasteiger partial charge in [-0.15, -0.1) is 0 Å². The minimum Gasteiger partial charge on any atom is -0.478 e. The van der Waals surface area contributed by atoms with E-state index >= 15 is 0 Å². The standard InChI is InChI=1S/C21H22ClF2NO4S/c1-2-19(29-20-9-4-3-7-18(20)24)21(26)25(14-10-11-30(27,28)13-14)12-15-16(22)6-5-8-17(15)23/h3-9,14,19H,2,10-13H2,1H3/t14-,19-/m1/s1. The Kier molecular flexibility index (Phi) is 6.98. The van der Waals surface area contributed by atoms with Crippen molar-refractivity contribution < 1.29 is 26.7 Å². The SMILES string of the molecule is CC[C@@H](Oc1ccccc1F)C(=O)N(Cc1c(F)cccc1Cl)[C@@H]1CCS(=O)(=O)C1. The average molecular weight is 458 g/mol. The number of carbonyl (C=O) groups excluding carboxylic acids is 1. The highest BCUT2D eigenvalue weighted by molar-refractivity contribution is 7.91. The van der Waals surface area contributed by atoms with E-state index in [2.05, 4.69) is 0 Å². The number of hydrogen-bond acceptors (Lipinski definition) is 4. The number of para-hydroxylation sites is 1. The quantitative estimate of drug-likeness (QED) is 0.630. The Morgan fingerprint density at radius 1 is 1.20 bits per heavy atom. The van der Waals surface area contributed by atoms with E-state index in [1.807, 2.05) is 0 Å². The molecule has 2 aromatic carbocycles. The highest BCUT2D eigenvalue weighted by atomic mass is 35.5. The van der Waals surface area contributed by atoms with Gasteiger partial charge in [0.05, 0.1) is 18.1 Å². The first-order valence-corrected chi connectivity index (χ1v) is 11.8. The van der Waals surface area contributed by atoms with Crippen molar-refractivity contribution in [3.63, 3.8) is 0 Å². The van der Waals surface area contributed by atoms with Gasteiger partial charge in [-0.2, -0.15) is 0 Å². The summed E-state index contributed by atoms with van der Waals surface area (Å²) in [6.45, 7) is 1.49. The number of sulfone groups is 1. The Labute approximate surface area is 179 Å². The number of carbonyl (C=O) groups is 1. The number of nitrogens with zero attached hydrogens (tertiary/aromatic N) is 1. The van der Waals surface area contributed by atoms with E-state index in [4.69, 9.17) is 16.3 Å². The normalized spacial score (nSPS) is 18.7. The van der Waals surface area contributed by atoms with Crippen molar-refractivity contribution >= 4 is 27.3 Å². The van der Waals surface area contributed by atoms with Crippen LogP contribution < -0.4 is 4.74 Å². The molecule has 162 valence electrons. The van der Waals surface area contributed by atoms with Crippen LogP contribution in [0.2, 0.25) is 5.02 Å². The van der Waals surface area contributed by atoms with Gasteiger partial charge in [0.1, 0.15) is 5.82 Å². The summed E-state index contributed by atoms with van der Waals surface area (Å²) < 4.78 is 58.0. The molecule has 0 unspecified atom stereocenters. The second-order valence-corrected chi connectivity index (χ2v) is 9.80. The monoisotopic (exact) mass is 457 g/mol. The lowest BCUT2D eigenvalue weighted by atomic mass is 10.1. The maximum Gasteiger partial charge on any atom is 0.264 e. The smallest absolute Gasteiger partial charge is 0.264 e. The summed E-state index contributed by atoms with van der Waals surface area (Å²) in [5.74, 6) is -2.11. The number of benzene rings is 2. The lowest BCUT2D eigenvalue weighted by Gasteiger charge is -2.32. The molecule has 0 aromatic heterocycles. The Morgan fingerprint density at radius 3 is 2.50 bits per heavy atom. The van der Waals surface area contributed by atoms with Crippen LogP contribution in [0.4, 0.5) is 8.78 Å². The van der Waals surface area contributed by atoms with Gasteiger partial charge in [-0.1, -0.05) is 36.7 Å². The average Bonchev–Trinajstić information content (AvgIpc) is 3.06. The minimum atomic E-state index is -3.31. The van der Waals surface area contributed by atoms with Crippen molar-refractivity contribution in [2.75, 3.05) is 11.5 Å². The van der Waals surface area contributed by atoms with E-state index in [1.54, 1.807) is 13.0 Å². The zero-order valence-corrected chi connectivity index (χ0v) is 17.9. The molecule has 30 heavy (non-hydrogen) atoms. The Morgan fingerprint density at radius 2 is 1.90 bits per heavy atom. The molecule has 5 nitrogen and oxygen atoms in total. The van der Waals surface area contributed by atoms with Gasteiger partial charge in [0.25, 0.3) is 5.91 Å². The Balaban J connectivity index is 1.92. The molecule has 1 aliphatic rings. The maximum absolute atomic E-state index is 14.4. The largest absolute Gasteiger partial charge is 0.478 e. The molecule has 1 aliphatic heterocycles. The summed E-state index contributed by atoms with van der Waals surface area (Å²) >= 11 is 6.13. The molecule has 2 atom stereocenters. The number of halogens is 3. The van der Waals surface area contributed by atoms with E-state index < -0.39 is 39.5 Å². The molecule has 1 amide bonds. The van der Waals surface area contributed by atoms with Crippen LogP contribution in [0, 0.1) is 11.6 Å². The first kappa shape index (κ1) is 22.5. The van der Waals surface area contributed by atoms with E-state index in [0.29, 0.717) is 0 Å². The van der Waals surface area contributed by atoms with E-state index in [-0.39, 0.29) is 47.2 Å². The summed E-state index contributed by atoms with van der Waals surface area (Å²) in [5, 5.41) is 0.136. The predicted octanol–water partition coefficient (Wildman–Crippen LogP) is 3.99. The Bertz CT molecular complexity index is 1010. The van der Waals surface area contributed by atoms with Crippen LogP contribution in [-0.4, -0.2) is 42.9 Å². The summed E-state index contributed by atoms with van der Waals surface area (Å²) in [6, 6.07) is 9.23. The van der Waals surface area contributed by atoms with Crippen molar-refractivity contribution in [1.82, 2.24) is 4.90 Å². The van der Waals surface area contributed by atoms with Crippen LogP contribution in [0.15, 0.2) is 42.5 Å². The van der Waals surface area contributed by atoms with Crippen LogP contribution in [0.5, 0.6) is 5.75 Å². The summed E-state index contributed by atoms with van der Waals surface area (Å²) in [7, 11) is -3.31. The fourth-order valence-electron chi connectivity index (χ4n) is 3.45. The lowest BCUT2D eigenvalue weighted by molar-refractivity contribution is -0.141. The van der Waals surface area contributed by atoms with E-state index in [9.17, 15) is 22.0 Å². The summed E-state index contributed by atoms with van der Waals surface area (Å²) in [6.07, 6.45) is -0.611. The second-order valence-electron chi connectivity index (χ2n) is 7.17. The van der Waals surface area contributed by atoms with Crippen LogP contribution in [0.25, 0.3) is 0 Å². The number of hydrogen-bond donors (Lipinski definition) is 0. The van der Waals surface area contributed by atoms with Gasteiger partial charge >= 0.3 is 0 Å². The third kappa shape index (κ3) is 5.10. The Hall–Kier alpha value is -2.19. The topological polar surface area (TPSA) is 63.7 Å². The first-order chi connectivity index (χ1) is 14.2. The highest BCUT2D eigenvalue weighted by Crippen LogP contribution is 2.27. The van der Waals surface area contributed by atoms with Crippen LogP contribution in [0.3, 0.4) is 0 Å². The van der Waals surface area contributed by atoms with Crippen LogP contribution in [-0.2, 0) is 21.2 Å². The second kappa shape index (κ2) is 9.31. The zero-order chi connectivity index (χ0) is 21.9. The molecule has 1 fully saturated rings. The highest BCUT2D eigenvalue weighted by Gasteiger charge is 2.38. The first-order valence-electron chi connectivity index (χ1n) is 9.57. The van der Waals surface area contributed by atoms with Crippen molar-refractivity contribution in [3.8, 4) is 5.75 Å². The van der Waals surface area contributed by atoms with Crippen LogP contribution >= 0.6 is 11.6 Å². The fraction of sp³-hybridized carbons (Fsp3) is 0.381. The van der Waals surface area contributed by atoms with Crippen molar-refractivity contribution in [3.05, 3.63) is 64.7 Å². The number of rotatable bonds is 7. The number of ether oxygens (including phenoxy) is 1.